The van der Waals surface area contributed by atoms with Gasteiger partial charge in [-0.1, -0.05) is 6.07 Å². The number of amides is 1. The van der Waals surface area contributed by atoms with Gasteiger partial charge in [0.25, 0.3) is 5.91 Å². The number of H-pyrrole nitrogens is 1. The smallest absolute Gasteiger partial charge is 0.254 e. The molecule has 1 aliphatic heterocycles. The summed E-state index contributed by atoms with van der Waals surface area (Å²) < 4.78 is 37.1. The van der Waals surface area contributed by atoms with Gasteiger partial charge in [-0.15, -0.1) is 0 Å². The number of carbonyl (C=O) groups excluding carboxylic acids is 1. The quantitative estimate of drug-likeness (QED) is 0.752. The number of aromatic amines is 1. The zero-order valence-electron chi connectivity index (χ0n) is 14.1. The van der Waals surface area contributed by atoms with Gasteiger partial charge >= 0.3 is 0 Å². The average Bonchev–Trinajstić information content (AvgIpc) is 2.97. The number of sulfone groups is 1. The molecule has 0 saturated heterocycles. The minimum Gasteiger partial charge on any atom is -0.358 e. The van der Waals surface area contributed by atoms with Crippen molar-refractivity contribution >= 4 is 26.6 Å². The van der Waals surface area contributed by atoms with Crippen LogP contribution in [-0.2, 0) is 22.8 Å². The normalized spacial score (nSPS) is 14.5. The fraction of sp³-hybridized carbons (Fsp3) is 0.211. The molecule has 3 aromatic rings. The summed E-state index contributed by atoms with van der Waals surface area (Å²) in [5.74, 6) is -0.546. The van der Waals surface area contributed by atoms with Gasteiger partial charge in [0.2, 0.25) is 0 Å². The van der Waals surface area contributed by atoms with E-state index in [4.69, 9.17) is 0 Å². The molecule has 26 heavy (non-hydrogen) atoms. The molecule has 0 aliphatic carbocycles. The second-order valence-electron chi connectivity index (χ2n) is 6.55. The summed E-state index contributed by atoms with van der Waals surface area (Å²) in [5, 5.41) is 0.780. The Morgan fingerprint density at radius 3 is 2.77 bits per heavy atom. The van der Waals surface area contributed by atoms with Crippen LogP contribution in [0.4, 0.5) is 4.39 Å². The summed E-state index contributed by atoms with van der Waals surface area (Å²) >= 11 is 0. The van der Waals surface area contributed by atoms with Crippen molar-refractivity contribution in [3.05, 3.63) is 65.1 Å². The molecule has 1 aromatic heterocycles. The van der Waals surface area contributed by atoms with Crippen LogP contribution in [0.5, 0.6) is 0 Å². The zero-order valence-corrected chi connectivity index (χ0v) is 14.9. The number of carbonyl (C=O) groups is 1. The lowest BCUT2D eigenvalue weighted by molar-refractivity contribution is 0.0735. The van der Waals surface area contributed by atoms with Crippen molar-refractivity contribution in [2.45, 2.75) is 17.9 Å². The molecule has 0 bridgehead atoms. The predicted octanol–water partition coefficient (Wildman–Crippen LogP) is 2.91. The Morgan fingerprint density at radius 1 is 1.19 bits per heavy atom. The van der Waals surface area contributed by atoms with Gasteiger partial charge < -0.3 is 9.88 Å². The minimum atomic E-state index is -3.38. The maximum atomic E-state index is 13.6. The van der Waals surface area contributed by atoms with E-state index in [2.05, 4.69) is 4.98 Å². The molecule has 134 valence electrons. The predicted molar refractivity (Wildman–Crippen MR) is 96.3 cm³/mol. The number of aromatic nitrogens is 1. The first-order valence-electron chi connectivity index (χ1n) is 8.21. The van der Waals surface area contributed by atoms with Crippen molar-refractivity contribution < 1.29 is 17.6 Å². The number of rotatable bonds is 2. The van der Waals surface area contributed by atoms with Gasteiger partial charge in [0, 0.05) is 53.5 Å². The first kappa shape index (κ1) is 16.8. The van der Waals surface area contributed by atoms with E-state index in [0.29, 0.717) is 25.1 Å². The molecule has 2 aromatic carbocycles. The van der Waals surface area contributed by atoms with E-state index in [1.165, 1.54) is 24.3 Å². The average molecular weight is 372 g/mol. The largest absolute Gasteiger partial charge is 0.358 e. The molecule has 1 N–H and O–H groups in total. The van der Waals surface area contributed by atoms with Crippen molar-refractivity contribution in [3.63, 3.8) is 0 Å². The molecule has 7 heteroatoms. The Bertz CT molecular complexity index is 1130. The Kier molecular flexibility index (Phi) is 3.84. The highest BCUT2D eigenvalue weighted by Crippen LogP contribution is 2.29. The molecule has 4 rings (SSSR count). The minimum absolute atomic E-state index is 0.121. The van der Waals surface area contributed by atoms with Crippen LogP contribution >= 0.6 is 0 Å². The van der Waals surface area contributed by atoms with E-state index in [-0.39, 0.29) is 16.6 Å². The highest BCUT2D eigenvalue weighted by Gasteiger charge is 2.25. The van der Waals surface area contributed by atoms with Crippen molar-refractivity contribution in [1.29, 1.82) is 0 Å². The molecule has 0 radical (unpaired) electrons. The number of fused-ring (bicyclic) bond motifs is 3. The maximum absolute atomic E-state index is 13.6. The van der Waals surface area contributed by atoms with Gasteiger partial charge in [0.1, 0.15) is 5.82 Å². The van der Waals surface area contributed by atoms with E-state index >= 15 is 0 Å². The first-order chi connectivity index (χ1) is 12.3. The molecule has 0 spiro atoms. The number of benzene rings is 2. The molecular weight excluding hydrogens is 355 g/mol. The summed E-state index contributed by atoms with van der Waals surface area (Å²) in [4.78, 5) is 17.9. The lowest BCUT2D eigenvalue weighted by Crippen LogP contribution is -2.35. The Balaban J connectivity index is 1.68. The molecular formula is C19H17FN2O3S. The molecule has 0 atom stereocenters. The van der Waals surface area contributed by atoms with E-state index in [0.717, 1.165) is 28.4 Å². The molecule has 5 nitrogen and oxygen atoms in total. The third-order valence-electron chi connectivity index (χ3n) is 4.73. The number of nitrogens with one attached hydrogen (secondary N) is 1. The first-order valence-corrected chi connectivity index (χ1v) is 10.1. The van der Waals surface area contributed by atoms with Gasteiger partial charge in [-0.25, -0.2) is 12.8 Å². The van der Waals surface area contributed by atoms with Crippen LogP contribution in [0.15, 0.2) is 47.4 Å². The number of halogens is 1. The van der Waals surface area contributed by atoms with E-state index in [9.17, 15) is 17.6 Å². The summed E-state index contributed by atoms with van der Waals surface area (Å²) in [5.41, 5.74) is 3.12. The van der Waals surface area contributed by atoms with Crippen molar-refractivity contribution in [2.24, 2.45) is 0 Å². The second kappa shape index (κ2) is 5.95. The van der Waals surface area contributed by atoms with E-state index in [1.54, 1.807) is 23.1 Å². The van der Waals surface area contributed by atoms with Crippen molar-refractivity contribution in [2.75, 3.05) is 12.8 Å². The van der Waals surface area contributed by atoms with Crippen LogP contribution in [0, 0.1) is 5.82 Å². The summed E-state index contributed by atoms with van der Waals surface area (Å²) in [6, 6.07) is 10.6. The number of hydrogen-bond donors (Lipinski definition) is 1. The summed E-state index contributed by atoms with van der Waals surface area (Å²) in [6.07, 6.45) is 1.76. The molecule has 0 unspecified atom stereocenters. The highest BCUT2D eigenvalue weighted by atomic mass is 32.2. The van der Waals surface area contributed by atoms with Gasteiger partial charge in [-0.3, -0.25) is 4.79 Å². The third-order valence-corrected chi connectivity index (χ3v) is 5.84. The van der Waals surface area contributed by atoms with E-state index in [1.807, 2.05) is 0 Å². The van der Waals surface area contributed by atoms with Crippen LogP contribution in [0.2, 0.25) is 0 Å². The monoisotopic (exact) mass is 372 g/mol. The second-order valence-corrected chi connectivity index (χ2v) is 8.56. The maximum Gasteiger partial charge on any atom is 0.254 e. The van der Waals surface area contributed by atoms with E-state index < -0.39 is 9.84 Å². The van der Waals surface area contributed by atoms with Crippen LogP contribution in [0.1, 0.15) is 21.6 Å². The lowest BCUT2D eigenvalue weighted by atomic mass is 10.0. The Labute approximate surface area is 150 Å². The van der Waals surface area contributed by atoms with Crippen LogP contribution in [0.3, 0.4) is 0 Å². The number of nitrogens with zero attached hydrogens (tertiary/aromatic N) is 1. The molecule has 1 aliphatic rings. The van der Waals surface area contributed by atoms with Gasteiger partial charge in [0.05, 0.1) is 4.90 Å². The third kappa shape index (κ3) is 2.88. The molecule has 0 saturated carbocycles. The highest BCUT2D eigenvalue weighted by molar-refractivity contribution is 7.90. The Morgan fingerprint density at radius 2 is 2.00 bits per heavy atom. The fourth-order valence-corrected chi connectivity index (χ4v) is 4.07. The van der Waals surface area contributed by atoms with Crippen LogP contribution < -0.4 is 0 Å². The van der Waals surface area contributed by atoms with Gasteiger partial charge in [0.15, 0.2) is 9.84 Å². The lowest BCUT2D eigenvalue weighted by Gasteiger charge is -2.27. The molecule has 2 heterocycles. The molecule has 0 fully saturated rings. The van der Waals surface area contributed by atoms with Gasteiger partial charge in [-0.05, 0) is 36.4 Å². The summed E-state index contributed by atoms with van der Waals surface area (Å²) in [6.45, 7) is 0.880. The van der Waals surface area contributed by atoms with Crippen molar-refractivity contribution in [3.8, 4) is 0 Å². The summed E-state index contributed by atoms with van der Waals surface area (Å²) in [7, 11) is -3.38. The van der Waals surface area contributed by atoms with Crippen LogP contribution in [0.25, 0.3) is 10.9 Å². The number of hydrogen-bond acceptors (Lipinski definition) is 3. The topological polar surface area (TPSA) is 70.2 Å². The van der Waals surface area contributed by atoms with Gasteiger partial charge in [-0.2, -0.15) is 0 Å². The SMILES string of the molecule is CS(=O)(=O)c1cccc(C(=O)N2CCc3[nH]c4ccc(F)cc4c3C2)c1. The van der Waals surface area contributed by atoms with Crippen molar-refractivity contribution in [1.82, 2.24) is 9.88 Å². The fourth-order valence-electron chi connectivity index (χ4n) is 3.40. The zero-order chi connectivity index (χ0) is 18.5. The Hall–Kier alpha value is -2.67. The molecule has 1 amide bonds. The van der Waals surface area contributed by atoms with Crippen LogP contribution in [-0.4, -0.2) is 37.0 Å². The standard InChI is InChI=1S/C19H17FN2O3S/c1-26(24,25)14-4-2-3-12(9-14)19(23)22-8-7-18-16(11-22)15-10-13(20)5-6-17(15)21-18/h2-6,9-10,21H,7-8,11H2,1H3.